The van der Waals surface area contributed by atoms with Gasteiger partial charge < -0.3 is 5.32 Å². The Morgan fingerprint density at radius 1 is 1.46 bits per heavy atom. The third kappa shape index (κ3) is 1.72. The molecule has 0 aromatic heterocycles. The van der Waals surface area contributed by atoms with Gasteiger partial charge in [0, 0.05) is 12.5 Å². The van der Waals surface area contributed by atoms with Gasteiger partial charge in [0.2, 0.25) is 5.91 Å². The average molecular weight is 181 g/mol. The van der Waals surface area contributed by atoms with Gasteiger partial charge in [0.1, 0.15) is 0 Å². The molecule has 74 valence electrons. The first kappa shape index (κ1) is 9.04. The van der Waals surface area contributed by atoms with Crippen LogP contribution in [0, 0.1) is 5.41 Å². The predicted octanol–water partition coefficient (Wildman–Crippen LogP) is 2.24. The highest BCUT2D eigenvalue weighted by Gasteiger charge is 2.48. The van der Waals surface area contributed by atoms with E-state index >= 15 is 0 Å². The minimum Gasteiger partial charge on any atom is -0.353 e. The normalized spacial score (nSPS) is 25.0. The van der Waals surface area contributed by atoms with Crippen molar-refractivity contribution in [2.75, 3.05) is 0 Å². The minimum absolute atomic E-state index is 0.252. The molecule has 1 amide bonds. The summed E-state index contributed by atoms with van der Waals surface area (Å²) in [6, 6.07) is 0.513. The van der Waals surface area contributed by atoms with Crippen LogP contribution in [0.5, 0.6) is 0 Å². The molecule has 2 aliphatic rings. The number of hydrogen-bond donors (Lipinski definition) is 1. The summed E-state index contributed by atoms with van der Waals surface area (Å²) in [5, 5.41) is 3.10. The largest absolute Gasteiger partial charge is 0.353 e. The van der Waals surface area contributed by atoms with Gasteiger partial charge in [0.15, 0.2) is 0 Å². The molecule has 2 heteroatoms. The number of amides is 1. The molecular weight excluding hydrogens is 162 g/mol. The van der Waals surface area contributed by atoms with E-state index in [0.29, 0.717) is 17.9 Å². The highest BCUT2D eigenvalue weighted by atomic mass is 16.1. The minimum atomic E-state index is 0.252. The Morgan fingerprint density at radius 3 is 2.62 bits per heavy atom. The van der Waals surface area contributed by atoms with Crippen molar-refractivity contribution < 1.29 is 4.79 Å². The van der Waals surface area contributed by atoms with Crippen molar-refractivity contribution in [3.05, 3.63) is 0 Å². The number of hydrogen-bond acceptors (Lipinski definition) is 1. The maximum absolute atomic E-state index is 11.3. The zero-order chi connectivity index (χ0) is 9.31. The van der Waals surface area contributed by atoms with Crippen LogP contribution >= 0.6 is 0 Å². The summed E-state index contributed by atoms with van der Waals surface area (Å²) >= 11 is 0. The van der Waals surface area contributed by atoms with Crippen LogP contribution in [0.25, 0.3) is 0 Å². The molecule has 0 aromatic carbocycles. The molecule has 2 rings (SSSR count). The fraction of sp³-hybridized carbons (Fsp3) is 0.909. The van der Waals surface area contributed by atoms with Crippen molar-refractivity contribution in [3.63, 3.8) is 0 Å². The van der Waals surface area contributed by atoms with Gasteiger partial charge in [-0.3, -0.25) is 4.79 Å². The molecule has 2 saturated carbocycles. The summed E-state index contributed by atoms with van der Waals surface area (Å²) in [4.78, 5) is 11.3. The molecule has 13 heavy (non-hydrogen) atoms. The highest BCUT2D eigenvalue weighted by molar-refractivity contribution is 5.76. The second-order valence-electron chi connectivity index (χ2n) is 4.78. The zero-order valence-electron chi connectivity index (χ0n) is 8.44. The molecule has 2 aliphatic carbocycles. The second-order valence-corrected chi connectivity index (χ2v) is 4.78. The summed E-state index contributed by atoms with van der Waals surface area (Å²) in [5.74, 6) is 0.252. The molecule has 0 heterocycles. The lowest BCUT2D eigenvalue weighted by atomic mass is 9.54. The van der Waals surface area contributed by atoms with Gasteiger partial charge in [-0.05, 0) is 37.5 Å². The van der Waals surface area contributed by atoms with Crippen LogP contribution in [0.15, 0.2) is 0 Å². The van der Waals surface area contributed by atoms with E-state index in [4.69, 9.17) is 0 Å². The first-order chi connectivity index (χ1) is 6.24. The molecule has 1 N–H and O–H groups in total. The van der Waals surface area contributed by atoms with Crippen molar-refractivity contribution >= 4 is 5.91 Å². The summed E-state index contributed by atoms with van der Waals surface area (Å²) in [7, 11) is 0. The molecule has 1 spiro atoms. The molecule has 0 radical (unpaired) electrons. The quantitative estimate of drug-likeness (QED) is 0.710. The topological polar surface area (TPSA) is 29.1 Å². The van der Waals surface area contributed by atoms with Crippen LogP contribution in [0.1, 0.15) is 51.9 Å². The maximum Gasteiger partial charge on any atom is 0.220 e. The van der Waals surface area contributed by atoms with Gasteiger partial charge in [-0.15, -0.1) is 0 Å². The monoisotopic (exact) mass is 181 g/mol. The molecule has 0 unspecified atom stereocenters. The summed E-state index contributed by atoms with van der Waals surface area (Å²) < 4.78 is 0. The van der Waals surface area contributed by atoms with E-state index in [1.807, 2.05) is 6.92 Å². The van der Waals surface area contributed by atoms with Gasteiger partial charge in [0.05, 0.1) is 0 Å². The molecule has 2 fully saturated rings. The lowest BCUT2D eigenvalue weighted by molar-refractivity contribution is -0.124. The first-order valence-electron chi connectivity index (χ1n) is 5.53. The Hall–Kier alpha value is -0.530. The molecule has 0 aliphatic heterocycles. The molecular formula is C11H19NO. The van der Waals surface area contributed by atoms with E-state index in [9.17, 15) is 4.79 Å². The zero-order valence-corrected chi connectivity index (χ0v) is 8.44. The third-order valence-corrected chi connectivity index (χ3v) is 3.62. The lowest BCUT2D eigenvalue weighted by Gasteiger charge is -2.54. The average Bonchev–Trinajstić information content (AvgIpc) is 1.92. The lowest BCUT2D eigenvalue weighted by Crippen LogP contribution is -2.53. The molecule has 0 aromatic rings. The second kappa shape index (κ2) is 3.32. The van der Waals surface area contributed by atoms with Crippen molar-refractivity contribution in [2.45, 2.75) is 57.9 Å². The predicted molar refractivity (Wildman–Crippen MR) is 52.4 cm³/mol. The van der Waals surface area contributed by atoms with Crippen molar-refractivity contribution in [1.82, 2.24) is 5.32 Å². The smallest absolute Gasteiger partial charge is 0.220 e. The highest BCUT2D eigenvalue weighted by Crippen LogP contribution is 2.55. The van der Waals surface area contributed by atoms with Crippen LogP contribution in [0.2, 0.25) is 0 Å². The van der Waals surface area contributed by atoms with Crippen molar-refractivity contribution in [2.24, 2.45) is 5.41 Å². The molecule has 0 saturated heterocycles. The fourth-order valence-corrected chi connectivity index (χ4v) is 2.70. The summed E-state index contributed by atoms with van der Waals surface area (Å²) in [6.45, 7) is 2.05. The number of carbonyl (C=O) groups is 1. The van der Waals surface area contributed by atoms with E-state index in [-0.39, 0.29) is 5.91 Å². The van der Waals surface area contributed by atoms with Gasteiger partial charge in [-0.2, -0.15) is 0 Å². The Morgan fingerprint density at radius 2 is 2.15 bits per heavy atom. The van der Waals surface area contributed by atoms with Crippen molar-refractivity contribution in [3.8, 4) is 0 Å². The number of rotatable bonds is 3. The SMILES string of the molecule is CCCC(=O)NC1CC2(CCC2)C1. The summed E-state index contributed by atoms with van der Waals surface area (Å²) in [5.41, 5.74) is 0.685. The maximum atomic E-state index is 11.3. The van der Waals surface area contributed by atoms with Crippen molar-refractivity contribution in [1.29, 1.82) is 0 Å². The first-order valence-corrected chi connectivity index (χ1v) is 5.53. The fourth-order valence-electron chi connectivity index (χ4n) is 2.70. The van der Waals surface area contributed by atoms with Crippen LogP contribution in [0.3, 0.4) is 0 Å². The van der Waals surface area contributed by atoms with E-state index < -0.39 is 0 Å². The Balaban J connectivity index is 1.66. The number of carbonyl (C=O) groups excluding carboxylic acids is 1. The van der Waals surface area contributed by atoms with Crippen LogP contribution < -0.4 is 5.32 Å². The Kier molecular flexibility index (Phi) is 2.31. The van der Waals surface area contributed by atoms with Gasteiger partial charge in [-0.25, -0.2) is 0 Å². The molecule has 0 atom stereocenters. The Labute approximate surface area is 80.1 Å². The standard InChI is InChI=1S/C11H19NO/c1-2-4-10(13)12-9-7-11(8-9)5-3-6-11/h9H,2-8H2,1H3,(H,12,13). The van der Waals surface area contributed by atoms with Gasteiger partial charge in [-0.1, -0.05) is 13.3 Å². The van der Waals surface area contributed by atoms with E-state index in [0.717, 1.165) is 6.42 Å². The van der Waals surface area contributed by atoms with Crippen LogP contribution in [-0.2, 0) is 4.79 Å². The van der Waals surface area contributed by atoms with E-state index in [1.165, 1.54) is 32.1 Å². The summed E-state index contributed by atoms with van der Waals surface area (Å²) in [6.07, 6.45) is 8.40. The molecule has 0 bridgehead atoms. The van der Waals surface area contributed by atoms with E-state index in [1.54, 1.807) is 0 Å². The van der Waals surface area contributed by atoms with Gasteiger partial charge >= 0.3 is 0 Å². The third-order valence-electron chi connectivity index (χ3n) is 3.62. The Bertz CT molecular complexity index is 200. The van der Waals surface area contributed by atoms with Gasteiger partial charge in [0.25, 0.3) is 0 Å². The molecule has 2 nitrogen and oxygen atoms in total. The van der Waals surface area contributed by atoms with E-state index in [2.05, 4.69) is 5.32 Å². The van der Waals surface area contributed by atoms with Crippen LogP contribution in [-0.4, -0.2) is 11.9 Å². The number of nitrogens with one attached hydrogen (secondary N) is 1. The van der Waals surface area contributed by atoms with Crippen LogP contribution in [0.4, 0.5) is 0 Å².